The molecule has 0 spiro atoms. The highest BCUT2D eigenvalue weighted by molar-refractivity contribution is 6.30. The number of fused-ring (bicyclic) bond motifs is 1. The molecule has 1 fully saturated rings. The zero-order valence-electron chi connectivity index (χ0n) is 16.4. The molecule has 0 radical (unpaired) electrons. The second kappa shape index (κ2) is 8.37. The molecule has 0 bridgehead atoms. The number of hydrogen-bond donors (Lipinski definition) is 1. The fourth-order valence-corrected chi connectivity index (χ4v) is 4.19. The molecule has 4 rings (SSSR count). The minimum atomic E-state index is -0.327. The number of nitrogens with zero attached hydrogens (tertiary/aromatic N) is 2. The number of pyridine rings is 2. The molecule has 0 saturated heterocycles. The van der Waals surface area contributed by atoms with Gasteiger partial charge in [-0.25, -0.2) is 4.98 Å². The number of halogens is 1. The van der Waals surface area contributed by atoms with Crippen LogP contribution in [-0.2, 0) is 6.54 Å². The van der Waals surface area contributed by atoms with Crippen LogP contribution in [-0.4, -0.2) is 21.5 Å². The molecule has 6 heteroatoms. The van der Waals surface area contributed by atoms with Crippen LogP contribution in [0.5, 0.6) is 0 Å². The van der Waals surface area contributed by atoms with Gasteiger partial charge in [0, 0.05) is 22.6 Å². The van der Waals surface area contributed by atoms with Gasteiger partial charge < -0.3 is 5.32 Å². The van der Waals surface area contributed by atoms with Crippen LogP contribution in [0, 0.1) is 5.92 Å². The molecular weight excluding hydrogens is 386 g/mol. The number of nitrogens with one attached hydrogen (secondary N) is 1. The van der Waals surface area contributed by atoms with Crippen molar-refractivity contribution in [3.63, 3.8) is 0 Å². The second-order valence-electron chi connectivity index (χ2n) is 7.83. The van der Waals surface area contributed by atoms with E-state index in [4.69, 9.17) is 11.6 Å². The predicted octanol–water partition coefficient (Wildman–Crippen LogP) is 4.41. The maximum atomic E-state index is 13.3. The SMILES string of the molecule is CC1CCCCC1NC(=O)c1cc2cccnc2n(Cc2ccc(Cl)cc2)c1=O. The molecule has 2 atom stereocenters. The lowest BCUT2D eigenvalue weighted by Gasteiger charge is -2.29. The topological polar surface area (TPSA) is 64.0 Å². The van der Waals surface area contributed by atoms with Gasteiger partial charge in [0.1, 0.15) is 11.2 Å². The first-order valence-corrected chi connectivity index (χ1v) is 10.4. The summed E-state index contributed by atoms with van der Waals surface area (Å²) < 4.78 is 1.57. The molecule has 1 saturated carbocycles. The van der Waals surface area contributed by atoms with Gasteiger partial charge in [-0.1, -0.05) is 43.5 Å². The van der Waals surface area contributed by atoms with E-state index < -0.39 is 0 Å². The Balaban J connectivity index is 1.72. The summed E-state index contributed by atoms with van der Waals surface area (Å²) in [7, 11) is 0. The third-order valence-electron chi connectivity index (χ3n) is 5.77. The Hall–Kier alpha value is -2.66. The summed E-state index contributed by atoms with van der Waals surface area (Å²) in [5.41, 5.74) is 1.32. The van der Waals surface area contributed by atoms with Gasteiger partial charge in [-0.15, -0.1) is 0 Å². The van der Waals surface area contributed by atoms with Crippen molar-refractivity contribution in [3.8, 4) is 0 Å². The van der Waals surface area contributed by atoms with Gasteiger partial charge in [0.05, 0.1) is 6.54 Å². The molecule has 0 aliphatic heterocycles. The molecule has 29 heavy (non-hydrogen) atoms. The van der Waals surface area contributed by atoms with E-state index in [0.29, 0.717) is 23.1 Å². The third kappa shape index (κ3) is 4.20. The first kappa shape index (κ1) is 19.6. The van der Waals surface area contributed by atoms with Crippen molar-refractivity contribution < 1.29 is 4.79 Å². The van der Waals surface area contributed by atoms with E-state index >= 15 is 0 Å². The molecule has 1 aliphatic carbocycles. The van der Waals surface area contributed by atoms with E-state index in [1.54, 1.807) is 29.0 Å². The lowest BCUT2D eigenvalue weighted by Crippen LogP contribution is -2.43. The summed E-state index contributed by atoms with van der Waals surface area (Å²) in [5.74, 6) is 0.121. The number of carbonyl (C=O) groups is 1. The van der Waals surface area contributed by atoms with Crippen molar-refractivity contribution in [2.24, 2.45) is 5.92 Å². The molecule has 2 aromatic heterocycles. The highest BCUT2D eigenvalue weighted by atomic mass is 35.5. The third-order valence-corrected chi connectivity index (χ3v) is 6.03. The van der Waals surface area contributed by atoms with Crippen molar-refractivity contribution in [2.75, 3.05) is 0 Å². The maximum absolute atomic E-state index is 13.3. The summed E-state index contributed by atoms with van der Waals surface area (Å²) >= 11 is 5.98. The van der Waals surface area contributed by atoms with Gasteiger partial charge >= 0.3 is 0 Å². The van der Waals surface area contributed by atoms with Crippen LogP contribution in [0.2, 0.25) is 5.02 Å². The molecule has 1 aliphatic rings. The van der Waals surface area contributed by atoms with Gasteiger partial charge in [0.25, 0.3) is 11.5 Å². The highest BCUT2D eigenvalue weighted by Crippen LogP contribution is 2.24. The van der Waals surface area contributed by atoms with E-state index in [1.165, 1.54) is 6.42 Å². The first-order chi connectivity index (χ1) is 14.0. The molecule has 1 amide bonds. The largest absolute Gasteiger partial charge is 0.349 e. The lowest BCUT2D eigenvalue weighted by atomic mass is 9.86. The minimum Gasteiger partial charge on any atom is -0.349 e. The molecular formula is C23H24ClN3O2. The van der Waals surface area contributed by atoms with Crippen LogP contribution in [0.4, 0.5) is 0 Å². The monoisotopic (exact) mass is 409 g/mol. The fourth-order valence-electron chi connectivity index (χ4n) is 4.06. The summed E-state index contributed by atoms with van der Waals surface area (Å²) in [6.07, 6.45) is 6.03. The van der Waals surface area contributed by atoms with Crippen LogP contribution in [0.15, 0.2) is 53.5 Å². The molecule has 150 valence electrons. The van der Waals surface area contributed by atoms with Gasteiger partial charge in [0.2, 0.25) is 0 Å². The lowest BCUT2D eigenvalue weighted by molar-refractivity contribution is 0.0908. The average Bonchev–Trinajstić information content (AvgIpc) is 2.73. The van der Waals surface area contributed by atoms with Gasteiger partial charge in [-0.3, -0.25) is 14.2 Å². The van der Waals surface area contributed by atoms with Gasteiger partial charge in [-0.2, -0.15) is 0 Å². The summed E-state index contributed by atoms with van der Waals surface area (Å²) in [6, 6.07) is 12.8. The van der Waals surface area contributed by atoms with Crippen molar-refractivity contribution >= 4 is 28.5 Å². The zero-order chi connectivity index (χ0) is 20.4. The molecule has 5 nitrogen and oxygen atoms in total. The molecule has 1 N–H and O–H groups in total. The zero-order valence-corrected chi connectivity index (χ0v) is 17.2. The average molecular weight is 410 g/mol. The van der Waals surface area contributed by atoms with E-state index in [9.17, 15) is 9.59 Å². The maximum Gasteiger partial charge on any atom is 0.265 e. The smallest absolute Gasteiger partial charge is 0.265 e. The summed E-state index contributed by atoms with van der Waals surface area (Å²) in [5, 5.41) is 4.50. The predicted molar refractivity (Wildman–Crippen MR) is 115 cm³/mol. The first-order valence-electron chi connectivity index (χ1n) is 10.1. The Kier molecular flexibility index (Phi) is 5.67. The van der Waals surface area contributed by atoms with Gasteiger partial charge in [0.15, 0.2) is 0 Å². The number of carbonyl (C=O) groups excluding carboxylic acids is 1. The number of amides is 1. The number of aromatic nitrogens is 2. The quantitative estimate of drug-likeness (QED) is 0.694. The van der Waals surface area contributed by atoms with Crippen molar-refractivity contribution in [3.05, 3.63) is 75.2 Å². The molecule has 1 aromatic carbocycles. The van der Waals surface area contributed by atoms with E-state index in [-0.39, 0.29) is 23.1 Å². The van der Waals surface area contributed by atoms with E-state index in [2.05, 4.69) is 17.2 Å². The number of benzene rings is 1. The van der Waals surface area contributed by atoms with E-state index in [1.807, 2.05) is 24.3 Å². The normalized spacial score (nSPS) is 19.2. The van der Waals surface area contributed by atoms with E-state index in [0.717, 1.165) is 30.2 Å². The van der Waals surface area contributed by atoms with Crippen molar-refractivity contribution in [2.45, 2.75) is 45.2 Å². The molecule has 3 aromatic rings. The molecule has 2 unspecified atom stereocenters. The number of rotatable bonds is 4. The van der Waals surface area contributed by atoms with Crippen LogP contribution in [0.1, 0.15) is 48.5 Å². The fraction of sp³-hybridized carbons (Fsp3) is 0.348. The Labute approximate surface area is 174 Å². The summed E-state index contributed by atoms with van der Waals surface area (Å²) in [4.78, 5) is 30.7. The Morgan fingerprint density at radius 3 is 2.72 bits per heavy atom. The van der Waals surface area contributed by atoms with Crippen LogP contribution in [0.3, 0.4) is 0 Å². The van der Waals surface area contributed by atoms with Crippen molar-refractivity contribution in [1.29, 1.82) is 0 Å². The van der Waals surface area contributed by atoms with Crippen LogP contribution >= 0.6 is 11.6 Å². The second-order valence-corrected chi connectivity index (χ2v) is 8.27. The van der Waals surface area contributed by atoms with Crippen LogP contribution < -0.4 is 10.9 Å². The van der Waals surface area contributed by atoms with Gasteiger partial charge in [-0.05, 0) is 54.7 Å². The minimum absolute atomic E-state index is 0.116. The van der Waals surface area contributed by atoms with Crippen molar-refractivity contribution in [1.82, 2.24) is 14.9 Å². The highest BCUT2D eigenvalue weighted by Gasteiger charge is 2.25. The Morgan fingerprint density at radius 2 is 1.97 bits per heavy atom. The standard InChI is InChI=1S/C23H24ClN3O2/c1-15-5-2-3-7-20(15)26-22(28)19-13-17-6-4-12-25-21(17)27(23(19)29)14-16-8-10-18(24)11-9-16/h4,6,8-13,15,20H,2-3,5,7,14H2,1H3,(H,26,28). The molecule has 2 heterocycles. The van der Waals surface area contributed by atoms with Crippen LogP contribution in [0.25, 0.3) is 11.0 Å². The number of hydrogen-bond acceptors (Lipinski definition) is 3. The Morgan fingerprint density at radius 1 is 1.21 bits per heavy atom. The summed E-state index contributed by atoms with van der Waals surface area (Å²) in [6.45, 7) is 2.48. The Bertz CT molecular complexity index is 1090.